The average Bonchev–Trinajstić information content (AvgIpc) is 3.50. The van der Waals surface area contributed by atoms with Crippen LogP contribution in [0.15, 0.2) is 42.5 Å². The van der Waals surface area contributed by atoms with Gasteiger partial charge in [0.15, 0.2) is 0 Å². The minimum absolute atomic E-state index is 0.179. The van der Waals surface area contributed by atoms with Crippen molar-refractivity contribution in [3.63, 3.8) is 0 Å². The van der Waals surface area contributed by atoms with Gasteiger partial charge in [-0.15, -0.1) is 0 Å². The molecule has 0 amide bonds. The molecule has 8 heteroatoms. The van der Waals surface area contributed by atoms with Gasteiger partial charge in [0.2, 0.25) is 0 Å². The Morgan fingerprint density at radius 1 is 1.22 bits per heavy atom. The molecule has 2 aliphatic heterocycles. The predicted molar refractivity (Wildman–Crippen MR) is 142 cm³/mol. The molecule has 2 aliphatic rings. The lowest BCUT2D eigenvalue weighted by molar-refractivity contribution is -0.137. The molecule has 2 atom stereocenters. The number of anilines is 1. The van der Waals surface area contributed by atoms with Gasteiger partial charge in [0.25, 0.3) is 0 Å². The Morgan fingerprint density at radius 2 is 2.11 bits per heavy atom. The quantitative estimate of drug-likeness (QED) is 0.391. The number of rotatable bonds is 10. The Bertz CT molecular complexity index is 1240. The zero-order valence-electron chi connectivity index (χ0n) is 21.5. The van der Waals surface area contributed by atoms with Gasteiger partial charge in [-0.3, -0.25) is 9.69 Å². The first-order chi connectivity index (χ1) is 18.0. The van der Waals surface area contributed by atoms with E-state index >= 15 is 0 Å². The molecule has 0 saturated carbocycles. The zero-order valence-corrected chi connectivity index (χ0v) is 21.5. The molecule has 0 bridgehead atoms. The summed E-state index contributed by atoms with van der Waals surface area (Å²) in [5.41, 5.74) is 5.91. The third kappa shape index (κ3) is 6.01. The molecule has 0 aliphatic carbocycles. The average molecular weight is 506 g/mol. The molecule has 0 radical (unpaired) electrons. The summed E-state index contributed by atoms with van der Waals surface area (Å²) in [7, 11) is 0. The Kier molecular flexibility index (Phi) is 7.84. The van der Waals surface area contributed by atoms with E-state index in [4.69, 9.17) is 10.1 Å². The molecule has 4 heterocycles. The summed E-state index contributed by atoms with van der Waals surface area (Å²) in [5.74, 6) is 0.804. The second kappa shape index (κ2) is 11.4. The first-order valence-electron chi connectivity index (χ1n) is 13.4. The zero-order chi connectivity index (χ0) is 25.8. The Morgan fingerprint density at radius 3 is 2.92 bits per heavy atom. The summed E-state index contributed by atoms with van der Waals surface area (Å²) in [6.45, 7) is 4.05. The Balaban J connectivity index is 1.31. The smallest absolute Gasteiger partial charge is 0.303 e. The molecule has 0 spiro atoms. The first-order valence-corrected chi connectivity index (χ1v) is 13.4. The minimum atomic E-state index is -0.751. The fourth-order valence-corrected chi connectivity index (χ4v) is 5.82. The number of benzene rings is 1. The highest BCUT2D eigenvalue weighted by atomic mass is 19.1. The number of nitrogens with one attached hydrogen (secondary N) is 1. The molecule has 5 rings (SSSR count). The Labute approximate surface area is 217 Å². The monoisotopic (exact) mass is 505 g/mol. The number of pyridine rings is 1. The van der Waals surface area contributed by atoms with Crippen LogP contribution < -0.4 is 5.32 Å². The van der Waals surface area contributed by atoms with Gasteiger partial charge in [0.05, 0.1) is 11.4 Å². The fourth-order valence-electron chi connectivity index (χ4n) is 5.82. The van der Waals surface area contributed by atoms with E-state index in [9.17, 15) is 9.18 Å². The molecule has 1 aromatic carbocycles. The summed E-state index contributed by atoms with van der Waals surface area (Å²) in [4.78, 5) is 18.5. The molecular formula is C29H36FN5O2. The molecule has 2 N–H and O–H groups in total. The van der Waals surface area contributed by atoms with Crippen molar-refractivity contribution < 1.29 is 14.3 Å². The standard InChI is InChI=1S/C29H36FN5O2/c1-20-15-25(18-30)33-35(20)26-7-2-5-23(17-26)27-16-21(19-34(27)14-4-8-28(36)37)9-11-24-12-10-22-6-3-13-31-29(22)32-24/h2,5,7,10,12,15,17,21,27H,3-4,6,8-9,11,13-14,16,18-19H2,1H3,(H,31,32)(H,36,37)/t21-,27?/m1/s1. The number of aromatic nitrogens is 3. The van der Waals surface area contributed by atoms with Crippen molar-refractivity contribution in [1.82, 2.24) is 19.7 Å². The summed E-state index contributed by atoms with van der Waals surface area (Å²) >= 11 is 0. The lowest BCUT2D eigenvalue weighted by Gasteiger charge is -2.25. The van der Waals surface area contributed by atoms with E-state index in [1.807, 2.05) is 19.1 Å². The van der Waals surface area contributed by atoms with Crippen molar-refractivity contribution in [2.24, 2.45) is 5.92 Å². The predicted octanol–water partition coefficient (Wildman–Crippen LogP) is 5.26. The molecule has 37 heavy (non-hydrogen) atoms. The number of halogens is 1. The number of hydrogen-bond donors (Lipinski definition) is 2. The van der Waals surface area contributed by atoms with Crippen LogP contribution >= 0.6 is 0 Å². The summed E-state index contributed by atoms with van der Waals surface area (Å²) in [6, 6.07) is 14.7. The Hall–Kier alpha value is -3.26. The molecule has 1 fully saturated rings. The van der Waals surface area contributed by atoms with Crippen LogP contribution in [0, 0.1) is 12.8 Å². The van der Waals surface area contributed by atoms with Crippen molar-refractivity contribution in [2.45, 2.75) is 64.6 Å². The minimum Gasteiger partial charge on any atom is -0.481 e. The van der Waals surface area contributed by atoms with Crippen molar-refractivity contribution in [3.05, 3.63) is 70.7 Å². The number of nitrogens with zero attached hydrogens (tertiary/aromatic N) is 4. The molecule has 3 aromatic rings. The second-order valence-corrected chi connectivity index (χ2v) is 10.4. The van der Waals surface area contributed by atoms with Gasteiger partial charge in [-0.25, -0.2) is 14.1 Å². The number of aliphatic carboxylic acids is 1. The number of carboxylic acids is 1. The topological polar surface area (TPSA) is 83.3 Å². The van der Waals surface area contributed by atoms with Crippen LogP contribution in [0.25, 0.3) is 5.69 Å². The lowest BCUT2D eigenvalue weighted by Crippen LogP contribution is -2.26. The van der Waals surface area contributed by atoms with Crippen LogP contribution in [-0.4, -0.2) is 50.4 Å². The van der Waals surface area contributed by atoms with Gasteiger partial charge in [0, 0.05) is 36.9 Å². The van der Waals surface area contributed by atoms with E-state index in [2.05, 4.69) is 39.6 Å². The number of aryl methyl sites for hydroxylation is 3. The van der Waals surface area contributed by atoms with Crippen LogP contribution in [0.4, 0.5) is 10.2 Å². The van der Waals surface area contributed by atoms with Gasteiger partial charge in [-0.05, 0) is 93.3 Å². The summed E-state index contributed by atoms with van der Waals surface area (Å²) < 4.78 is 15.0. The van der Waals surface area contributed by atoms with Crippen LogP contribution in [-0.2, 0) is 24.3 Å². The van der Waals surface area contributed by atoms with Crippen molar-refractivity contribution >= 4 is 11.8 Å². The van der Waals surface area contributed by atoms with E-state index in [0.29, 0.717) is 18.0 Å². The second-order valence-electron chi connectivity index (χ2n) is 10.4. The third-order valence-corrected chi connectivity index (χ3v) is 7.66. The van der Waals surface area contributed by atoms with Gasteiger partial charge in [-0.2, -0.15) is 5.10 Å². The number of carboxylic acid groups (broad SMARTS) is 1. The maximum absolute atomic E-state index is 13.2. The van der Waals surface area contributed by atoms with E-state index in [0.717, 1.165) is 74.6 Å². The van der Waals surface area contributed by atoms with E-state index < -0.39 is 12.6 Å². The normalized spacial score (nSPS) is 19.5. The SMILES string of the molecule is Cc1cc(CF)nn1-c1cccc(C2C[C@@H](CCc3ccc4c(n3)NCCC4)CN2CCCC(=O)O)c1. The number of hydrogen-bond acceptors (Lipinski definition) is 5. The molecule has 1 saturated heterocycles. The van der Waals surface area contributed by atoms with Crippen LogP contribution in [0.5, 0.6) is 0 Å². The van der Waals surface area contributed by atoms with Crippen molar-refractivity contribution in [1.29, 1.82) is 0 Å². The molecule has 7 nitrogen and oxygen atoms in total. The van der Waals surface area contributed by atoms with E-state index in [-0.39, 0.29) is 12.5 Å². The third-order valence-electron chi connectivity index (χ3n) is 7.66. The van der Waals surface area contributed by atoms with Crippen LogP contribution in [0.3, 0.4) is 0 Å². The van der Waals surface area contributed by atoms with Crippen LogP contribution in [0.2, 0.25) is 0 Å². The summed E-state index contributed by atoms with van der Waals surface area (Å²) in [6.07, 6.45) is 6.08. The molecule has 1 unspecified atom stereocenters. The van der Waals surface area contributed by atoms with E-state index in [1.165, 1.54) is 11.1 Å². The largest absolute Gasteiger partial charge is 0.481 e. The molecule has 2 aromatic heterocycles. The summed E-state index contributed by atoms with van der Waals surface area (Å²) in [5, 5.41) is 17.0. The highest BCUT2D eigenvalue weighted by molar-refractivity contribution is 5.66. The number of carbonyl (C=O) groups is 1. The highest BCUT2D eigenvalue weighted by Gasteiger charge is 2.33. The van der Waals surface area contributed by atoms with Crippen LogP contribution in [0.1, 0.15) is 66.4 Å². The fraction of sp³-hybridized carbons (Fsp3) is 0.483. The highest BCUT2D eigenvalue weighted by Crippen LogP contribution is 2.38. The van der Waals surface area contributed by atoms with E-state index in [1.54, 1.807) is 10.7 Å². The first kappa shape index (κ1) is 25.4. The van der Waals surface area contributed by atoms with Crippen molar-refractivity contribution in [2.75, 3.05) is 25.0 Å². The van der Waals surface area contributed by atoms with Crippen molar-refractivity contribution in [3.8, 4) is 5.69 Å². The number of alkyl halides is 1. The number of likely N-dealkylation sites (tertiary alicyclic amines) is 1. The van der Waals surface area contributed by atoms with Gasteiger partial charge < -0.3 is 10.4 Å². The van der Waals surface area contributed by atoms with Gasteiger partial charge in [-0.1, -0.05) is 18.2 Å². The van der Waals surface area contributed by atoms with Gasteiger partial charge in [0.1, 0.15) is 12.5 Å². The molecule has 196 valence electrons. The lowest BCUT2D eigenvalue weighted by atomic mass is 9.95. The maximum Gasteiger partial charge on any atom is 0.303 e. The number of fused-ring (bicyclic) bond motifs is 1. The molecular weight excluding hydrogens is 469 g/mol. The van der Waals surface area contributed by atoms with Gasteiger partial charge >= 0.3 is 5.97 Å². The maximum atomic E-state index is 13.2.